The highest BCUT2D eigenvalue weighted by Crippen LogP contribution is 2.35. The Morgan fingerprint density at radius 2 is 2.09 bits per heavy atom. The van der Waals surface area contributed by atoms with E-state index in [1.54, 1.807) is 24.3 Å². The van der Waals surface area contributed by atoms with E-state index in [2.05, 4.69) is 36.5 Å². The van der Waals surface area contributed by atoms with Crippen LogP contribution in [0, 0.1) is 5.82 Å². The lowest BCUT2D eigenvalue weighted by Crippen LogP contribution is -2.40. The molecule has 0 bridgehead atoms. The van der Waals surface area contributed by atoms with E-state index in [0.29, 0.717) is 34.9 Å². The van der Waals surface area contributed by atoms with Crippen LogP contribution >= 0.6 is 0 Å². The molecule has 7 nitrogen and oxygen atoms in total. The van der Waals surface area contributed by atoms with Gasteiger partial charge < -0.3 is 15.4 Å². The largest absolute Gasteiger partial charge is 0.508 e. The molecule has 1 fully saturated rings. The van der Waals surface area contributed by atoms with Gasteiger partial charge in [0, 0.05) is 36.6 Å². The Hall–Kier alpha value is -3.49. The molecule has 4 aromatic rings. The van der Waals surface area contributed by atoms with Gasteiger partial charge in [0.15, 0.2) is 11.6 Å². The van der Waals surface area contributed by atoms with Crippen molar-refractivity contribution in [2.75, 3.05) is 26.2 Å². The van der Waals surface area contributed by atoms with Crippen molar-refractivity contribution in [1.82, 2.24) is 30.4 Å². The minimum absolute atomic E-state index is 0.180. The second-order valence-corrected chi connectivity index (χ2v) is 9.40. The first-order chi connectivity index (χ1) is 17.1. The number of halogens is 1. The molecular weight excluding hydrogens is 443 g/mol. The number of aryl methyl sites for hydroxylation is 1. The van der Waals surface area contributed by atoms with Gasteiger partial charge in [0.2, 0.25) is 0 Å². The van der Waals surface area contributed by atoms with E-state index in [9.17, 15) is 5.11 Å². The Kier molecular flexibility index (Phi) is 5.62. The highest BCUT2D eigenvalue weighted by molar-refractivity contribution is 5.95. The number of phenols is 1. The van der Waals surface area contributed by atoms with Crippen LogP contribution in [-0.4, -0.2) is 62.4 Å². The maximum atomic E-state index is 15.6. The molecule has 1 atom stereocenters. The number of nitrogens with one attached hydrogen (secondary N) is 3. The quantitative estimate of drug-likeness (QED) is 0.344. The number of aromatic hydroxyl groups is 1. The number of hydrogen-bond acceptors (Lipinski definition) is 5. The molecule has 0 saturated carbocycles. The molecule has 0 radical (unpaired) electrons. The summed E-state index contributed by atoms with van der Waals surface area (Å²) in [6.45, 7) is 6.12. The molecule has 8 heteroatoms. The summed E-state index contributed by atoms with van der Waals surface area (Å²) < 4.78 is 15.6. The van der Waals surface area contributed by atoms with Crippen LogP contribution in [0.1, 0.15) is 31.0 Å². The zero-order chi connectivity index (χ0) is 23.9. The van der Waals surface area contributed by atoms with Gasteiger partial charge in [0.25, 0.3) is 0 Å². The van der Waals surface area contributed by atoms with Gasteiger partial charge in [-0.2, -0.15) is 5.10 Å². The maximum Gasteiger partial charge on any atom is 0.159 e. The van der Waals surface area contributed by atoms with E-state index in [4.69, 9.17) is 0 Å². The standard InChI is InChI=1S/C27H29FN6O/c1-2-16-12-19(35)5-6-20(16)21-7-8-22-25(24(21)28)32-33-26(22)27-30-14-23(31-27)17-4-3-11-34(15-17)18-9-10-29-13-18/h4-8,12,14,18,29,35H,2-3,9-11,13,15H2,1H3,(H,30,31)(H,32,33). The number of hydrogen-bond donors (Lipinski definition) is 4. The molecule has 1 unspecified atom stereocenters. The number of rotatable bonds is 5. The smallest absolute Gasteiger partial charge is 0.159 e. The topological polar surface area (TPSA) is 92.9 Å². The Bertz CT molecular complexity index is 1410. The van der Waals surface area contributed by atoms with Gasteiger partial charge in [-0.1, -0.05) is 25.1 Å². The molecule has 2 aliphatic heterocycles. The van der Waals surface area contributed by atoms with Gasteiger partial charge in [-0.25, -0.2) is 9.37 Å². The third kappa shape index (κ3) is 3.92. The third-order valence-corrected chi connectivity index (χ3v) is 7.31. The zero-order valence-electron chi connectivity index (χ0n) is 19.7. The number of phenolic OH excluding ortho intramolecular Hbond substituents is 1. The summed E-state index contributed by atoms with van der Waals surface area (Å²) >= 11 is 0. The van der Waals surface area contributed by atoms with E-state index in [0.717, 1.165) is 49.4 Å². The zero-order valence-corrected chi connectivity index (χ0v) is 19.7. The normalized spacial score (nSPS) is 18.9. The predicted molar refractivity (Wildman–Crippen MR) is 136 cm³/mol. The van der Waals surface area contributed by atoms with Gasteiger partial charge >= 0.3 is 0 Å². The Morgan fingerprint density at radius 1 is 1.20 bits per heavy atom. The molecule has 0 aliphatic carbocycles. The molecule has 0 spiro atoms. The van der Waals surface area contributed by atoms with Crippen molar-refractivity contribution < 1.29 is 9.50 Å². The summed E-state index contributed by atoms with van der Waals surface area (Å²) in [5.74, 6) is 0.445. The first kappa shape index (κ1) is 22.0. The van der Waals surface area contributed by atoms with Gasteiger partial charge in [0.05, 0.1) is 11.9 Å². The van der Waals surface area contributed by atoms with Crippen LogP contribution in [0.25, 0.3) is 39.1 Å². The lowest BCUT2D eigenvalue weighted by molar-refractivity contribution is 0.232. The van der Waals surface area contributed by atoms with E-state index < -0.39 is 0 Å². The van der Waals surface area contributed by atoms with Crippen LogP contribution < -0.4 is 5.32 Å². The van der Waals surface area contributed by atoms with Gasteiger partial charge in [-0.3, -0.25) is 10.00 Å². The average Bonchev–Trinajstić information content (AvgIpc) is 3.65. The fraction of sp³-hybridized carbons (Fsp3) is 0.333. The van der Waals surface area contributed by atoms with Crippen molar-refractivity contribution in [3.05, 3.63) is 59.7 Å². The van der Waals surface area contributed by atoms with Crippen molar-refractivity contribution in [1.29, 1.82) is 0 Å². The molecule has 2 aromatic heterocycles. The summed E-state index contributed by atoms with van der Waals surface area (Å²) in [5, 5.41) is 21.3. The Morgan fingerprint density at radius 3 is 2.91 bits per heavy atom. The molecule has 1 saturated heterocycles. The molecule has 0 amide bonds. The van der Waals surface area contributed by atoms with E-state index in [1.807, 2.05) is 19.2 Å². The SMILES string of the molecule is CCc1cc(O)ccc1-c1ccc2c(-c3ncc(C4=CCCN(C5CCNC5)C4)[nH]3)[nH]nc2c1F. The fourth-order valence-corrected chi connectivity index (χ4v) is 5.41. The highest BCUT2D eigenvalue weighted by Gasteiger charge is 2.26. The summed E-state index contributed by atoms with van der Waals surface area (Å²) in [5.41, 5.74) is 5.32. The predicted octanol–water partition coefficient (Wildman–Crippen LogP) is 4.48. The third-order valence-electron chi connectivity index (χ3n) is 7.31. The lowest BCUT2D eigenvalue weighted by atomic mass is 9.96. The van der Waals surface area contributed by atoms with Crippen LogP contribution in [0.15, 0.2) is 42.6 Å². The van der Waals surface area contributed by atoms with Crippen LogP contribution in [0.3, 0.4) is 0 Å². The van der Waals surface area contributed by atoms with E-state index >= 15 is 4.39 Å². The highest BCUT2D eigenvalue weighted by atomic mass is 19.1. The van der Waals surface area contributed by atoms with Crippen molar-refractivity contribution in [2.24, 2.45) is 0 Å². The van der Waals surface area contributed by atoms with Crippen LogP contribution in [0.2, 0.25) is 0 Å². The summed E-state index contributed by atoms with van der Waals surface area (Å²) in [4.78, 5) is 10.6. The molecule has 6 rings (SSSR count). The number of aromatic nitrogens is 4. The van der Waals surface area contributed by atoms with Crippen molar-refractivity contribution in [2.45, 2.75) is 32.2 Å². The molecule has 4 heterocycles. The molecule has 180 valence electrons. The molecule has 2 aliphatic rings. The number of fused-ring (bicyclic) bond motifs is 1. The van der Waals surface area contributed by atoms with Crippen LogP contribution in [0.5, 0.6) is 5.75 Å². The fourth-order valence-electron chi connectivity index (χ4n) is 5.41. The number of imidazole rings is 1. The van der Waals surface area contributed by atoms with Gasteiger partial charge in [-0.15, -0.1) is 0 Å². The molecular formula is C27H29FN6O. The minimum Gasteiger partial charge on any atom is -0.508 e. The molecule has 2 aromatic carbocycles. The van der Waals surface area contributed by atoms with Crippen molar-refractivity contribution in [3.8, 4) is 28.4 Å². The van der Waals surface area contributed by atoms with E-state index in [-0.39, 0.29) is 17.1 Å². The van der Waals surface area contributed by atoms with Gasteiger partial charge in [-0.05, 0) is 60.7 Å². The van der Waals surface area contributed by atoms with Crippen LogP contribution in [-0.2, 0) is 6.42 Å². The summed E-state index contributed by atoms with van der Waals surface area (Å²) in [6, 6.07) is 9.29. The summed E-state index contributed by atoms with van der Waals surface area (Å²) in [7, 11) is 0. The second-order valence-electron chi connectivity index (χ2n) is 9.40. The first-order valence-electron chi connectivity index (χ1n) is 12.3. The van der Waals surface area contributed by atoms with Crippen molar-refractivity contribution >= 4 is 16.5 Å². The summed E-state index contributed by atoms with van der Waals surface area (Å²) in [6.07, 6.45) is 7.05. The Labute approximate surface area is 203 Å². The van der Waals surface area contributed by atoms with Crippen LogP contribution in [0.4, 0.5) is 4.39 Å². The second kappa shape index (κ2) is 8.94. The van der Waals surface area contributed by atoms with E-state index in [1.165, 1.54) is 12.0 Å². The number of nitrogens with zero attached hydrogens (tertiary/aromatic N) is 3. The molecule has 35 heavy (non-hydrogen) atoms. The number of H-pyrrole nitrogens is 2. The number of benzene rings is 2. The first-order valence-corrected chi connectivity index (χ1v) is 12.3. The average molecular weight is 473 g/mol. The molecule has 4 N–H and O–H groups in total. The monoisotopic (exact) mass is 472 g/mol. The number of aromatic amines is 2. The Balaban J connectivity index is 1.31. The van der Waals surface area contributed by atoms with Gasteiger partial charge in [0.1, 0.15) is 17.0 Å². The lowest BCUT2D eigenvalue weighted by Gasteiger charge is -2.31. The maximum absolute atomic E-state index is 15.6. The minimum atomic E-state index is -0.382. The van der Waals surface area contributed by atoms with Crippen molar-refractivity contribution in [3.63, 3.8) is 0 Å².